The summed E-state index contributed by atoms with van der Waals surface area (Å²) in [5, 5.41) is 3.48. The van der Waals surface area contributed by atoms with E-state index < -0.39 is 5.82 Å². The van der Waals surface area contributed by atoms with Gasteiger partial charge in [-0.1, -0.05) is 25.4 Å². The number of amides is 1. The first-order valence-electron chi connectivity index (χ1n) is 12.1. The topological polar surface area (TPSA) is 103 Å². The van der Waals surface area contributed by atoms with Crippen LogP contribution in [-0.4, -0.2) is 69.4 Å². The lowest BCUT2D eigenvalue weighted by Crippen LogP contribution is -2.41. The molecule has 0 bridgehead atoms. The smallest absolute Gasteiger partial charge is 0.258 e. The fourth-order valence-electron chi connectivity index (χ4n) is 4.49. The Bertz CT molecular complexity index is 1280. The molecule has 9 nitrogen and oxygen atoms in total. The molecule has 2 N–H and O–H groups in total. The third kappa shape index (κ3) is 6.00. The molecule has 2 aromatic heterocycles. The van der Waals surface area contributed by atoms with Crippen LogP contribution < -0.4 is 15.6 Å². The van der Waals surface area contributed by atoms with Gasteiger partial charge in [0.05, 0.1) is 22.6 Å². The average molecular weight is 517 g/mol. The number of benzene rings is 1. The third-order valence-electron chi connectivity index (χ3n) is 6.43. The van der Waals surface area contributed by atoms with Gasteiger partial charge in [0.2, 0.25) is 5.91 Å². The van der Waals surface area contributed by atoms with E-state index in [0.29, 0.717) is 28.4 Å². The Balaban J connectivity index is 1.39. The van der Waals surface area contributed by atoms with Crippen molar-refractivity contribution in [2.24, 2.45) is 0 Å². The number of ether oxygens (including phenoxy) is 1. The second-order valence-corrected chi connectivity index (χ2v) is 9.05. The van der Waals surface area contributed by atoms with Gasteiger partial charge in [0.15, 0.2) is 0 Å². The van der Waals surface area contributed by atoms with E-state index in [4.69, 9.17) is 16.3 Å². The molecule has 1 unspecified atom stereocenters. The molecule has 0 aliphatic carbocycles. The van der Waals surface area contributed by atoms with E-state index in [-0.39, 0.29) is 42.0 Å². The number of hydrogen-bond donors (Lipinski definition) is 2. The van der Waals surface area contributed by atoms with Crippen molar-refractivity contribution in [3.05, 3.63) is 63.2 Å². The van der Waals surface area contributed by atoms with Gasteiger partial charge in [-0.05, 0) is 37.7 Å². The highest BCUT2D eigenvalue weighted by Gasteiger charge is 2.28. The highest BCUT2D eigenvalue weighted by Crippen LogP contribution is 2.22. The van der Waals surface area contributed by atoms with Gasteiger partial charge in [-0.15, -0.1) is 0 Å². The molecule has 3 aromatic rings. The van der Waals surface area contributed by atoms with E-state index in [1.54, 1.807) is 12.3 Å². The van der Waals surface area contributed by atoms with Crippen molar-refractivity contribution in [1.29, 1.82) is 0 Å². The summed E-state index contributed by atoms with van der Waals surface area (Å²) in [5.41, 5.74) is 0.662. The van der Waals surface area contributed by atoms with Crippen molar-refractivity contribution in [3.8, 4) is 5.75 Å². The summed E-state index contributed by atoms with van der Waals surface area (Å²) < 4.78 is 19.0. The fraction of sp³-hybridized carbons (Fsp3) is 0.440. The van der Waals surface area contributed by atoms with E-state index in [1.807, 2.05) is 4.90 Å². The molecule has 4 rings (SSSR count). The maximum atomic E-state index is 13.4. The van der Waals surface area contributed by atoms with Gasteiger partial charge in [0.1, 0.15) is 29.5 Å². The first-order chi connectivity index (χ1) is 17.4. The minimum atomic E-state index is -0.545. The quantitative estimate of drug-likeness (QED) is 0.427. The number of nitrogens with zero attached hydrogens (tertiary/aromatic N) is 4. The second kappa shape index (κ2) is 11.8. The lowest BCUT2D eigenvalue weighted by molar-refractivity contribution is -0.129. The number of carbonyl (C=O) groups excluding carboxylic acids is 1. The zero-order valence-corrected chi connectivity index (χ0v) is 21.1. The molecule has 36 heavy (non-hydrogen) atoms. The predicted molar refractivity (Wildman–Crippen MR) is 136 cm³/mol. The third-order valence-corrected chi connectivity index (χ3v) is 6.72. The van der Waals surface area contributed by atoms with Crippen LogP contribution in [0.25, 0.3) is 10.9 Å². The zero-order valence-electron chi connectivity index (χ0n) is 20.4. The van der Waals surface area contributed by atoms with Crippen LogP contribution in [0.1, 0.15) is 31.8 Å². The Kier molecular flexibility index (Phi) is 8.50. The van der Waals surface area contributed by atoms with Crippen LogP contribution in [0.5, 0.6) is 5.75 Å². The van der Waals surface area contributed by atoms with Crippen LogP contribution in [0.3, 0.4) is 0 Å². The average Bonchev–Trinajstić information content (AvgIpc) is 3.36. The first-order valence-corrected chi connectivity index (χ1v) is 12.4. The van der Waals surface area contributed by atoms with Gasteiger partial charge in [0, 0.05) is 37.9 Å². The van der Waals surface area contributed by atoms with Crippen LogP contribution in [-0.2, 0) is 17.9 Å². The Hall–Kier alpha value is -3.08. The molecule has 1 fully saturated rings. The van der Waals surface area contributed by atoms with Gasteiger partial charge >= 0.3 is 0 Å². The molecule has 1 aliphatic heterocycles. The number of fused-ring (bicyclic) bond motifs is 1. The number of aromatic nitrogens is 3. The molecule has 1 atom stereocenters. The number of rotatable bonds is 10. The van der Waals surface area contributed by atoms with E-state index in [9.17, 15) is 14.0 Å². The largest absolute Gasteiger partial charge is 0.486 e. The first kappa shape index (κ1) is 26.0. The molecule has 1 amide bonds. The number of H-pyrrole nitrogens is 1. The van der Waals surface area contributed by atoms with E-state index in [1.165, 1.54) is 18.2 Å². The minimum absolute atomic E-state index is 0.0442. The SMILES string of the molecule is CCN(CC)C1CCN(C(=O)CNCc2nccc3c(=O)[nH]c(COc4ccc(F)c(Cl)c4)nc23)C1. The predicted octanol–water partition coefficient (Wildman–Crippen LogP) is 2.72. The van der Waals surface area contributed by atoms with Crippen LogP contribution in [0.4, 0.5) is 4.39 Å². The number of likely N-dealkylation sites (tertiary alicyclic amines) is 1. The molecule has 0 saturated carbocycles. The van der Waals surface area contributed by atoms with Crippen LogP contribution >= 0.6 is 11.6 Å². The summed E-state index contributed by atoms with van der Waals surface area (Å²) in [6.07, 6.45) is 2.53. The summed E-state index contributed by atoms with van der Waals surface area (Å²) in [7, 11) is 0. The summed E-state index contributed by atoms with van der Waals surface area (Å²) in [4.78, 5) is 41.2. The Morgan fingerprint density at radius 1 is 1.33 bits per heavy atom. The Labute approximate surface area is 213 Å². The summed E-state index contributed by atoms with van der Waals surface area (Å²) in [6, 6.07) is 6.01. The molecular weight excluding hydrogens is 487 g/mol. The Morgan fingerprint density at radius 3 is 2.89 bits per heavy atom. The molecule has 1 saturated heterocycles. The maximum absolute atomic E-state index is 13.4. The fourth-order valence-corrected chi connectivity index (χ4v) is 4.66. The lowest BCUT2D eigenvalue weighted by atomic mass is 10.2. The van der Waals surface area contributed by atoms with Crippen molar-refractivity contribution in [2.45, 2.75) is 39.5 Å². The second-order valence-electron chi connectivity index (χ2n) is 8.64. The molecule has 192 valence electrons. The van der Waals surface area contributed by atoms with Gasteiger partial charge in [-0.2, -0.15) is 0 Å². The summed E-state index contributed by atoms with van der Waals surface area (Å²) in [5.74, 6) is 0.137. The van der Waals surface area contributed by atoms with Crippen molar-refractivity contribution >= 4 is 28.4 Å². The van der Waals surface area contributed by atoms with E-state index in [0.717, 1.165) is 32.6 Å². The number of carbonyl (C=O) groups is 1. The number of hydrogen-bond acceptors (Lipinski definition) is 7. The standard InChI is InChI=1S/C25H30ClFN6O3/c1-3-32(4-2)16-8-10-33(14-16)23(34)13-28-12-21-24-18(7-9-29-21)25(35)31-22(30-24)15-36-17-5-6-20(27)19(26)11-17/h5-7,9,11,16,28H,3-4,8,10,12-15H2,1-2H3,(H,30,31,35). The Morgan fingerprint density at radius 2 is 2.14 bits per heavy atom. The molecule has 11 heteroatoms. The van der Waals surface area contributed by atoms with Crippen molar-refractivity contribution in [3.63, 3.8) is 0 Å². The van der Waals surface area contributed by atoms with Crippen LogP contribution in [0.15, 0.2) is 35.3 Å². The van der Waals surface area contributed by atoms with Crippen LogP contribution in [0.2, 0.25) is 5.02 Å². The molecule has 3 heterocycles. The van der Waals surface area contributed by atoms with Crippen LogP contribution in [0, 0.1) is 5.82 Å². The van der Waals surface area contributed by atoms with Gasteiger partial charge < -0.3 is 19.9 Å². The lowest BCUT2D eigenvalue weighted by Gasteiger charge is -2.26. The molecule has 0 spiro atoms. The highest BCUT2D eigenvalue weighted by atomic mass is 35.5. The number of aromatic amines is 1. The normalized spacial score (nSPS) is 15.7. The van der Waals surface area contributed by atoms with Gasteiger partial charge in [0.25, 0.3) is 5.56 Å². The molecule has 0 radical (unpaired) electrons. The maximum Gasteiger partial charge on any atom is 0.258 e. The monoisotopic (exact) mass is 516 g/mol. The number of halogens is 2. The highest BCUT2D eigenvalue weighted by molar-refractivity contribution is 6.30. The van der Waals surface area contributed by atoms with Crippen molar-refractivity contribution in [2.75, 3.05) is 32.7 Å². The number of likely N-dealkylation sites (N-methyl/N-ethyl adjacent to an activating group) is 1. The molecule has 1 aromatic carbocycles. The molecular formula is C25H30ClFN6O3. The number of nitrogens with one attached hydrogen (secondary N) is 2. The van der Waals surface area contributed by atoms with Crippen molar-refractivity contribution in [1.82, 2.24) is 30.1 Å². The zero-order chi connectivity index (χ0) is 25.7. The van der Waals surface area contributed by atoms with Crippen molar-refractivity contribution < 1.29 is 13.9 Å². The molecule has 1 aliphatic rings. The van der Waals surface area contributed by atoms with E-state index >= 15 is 0 Å². The summed E-state index contributed by atoms with van der Waals surface area (Å²) >= 11 is 5.79. The number of pyridine rings is 1. The van der Waals surface area contributed by atoms with Gasteiger partial charge in [-0.25, -0.2) is 9.37 Å². The van der Waals surface area contributed by atoms with E-state index in [2.05, 4.69) is 39.0 Å². The summed E-state index contributed by atoms with van der Waals surface area (Å²) in [6.45, 7) is 8.14. The van der Waals surface area contributed by atoms with Gasteiger partial charge in [-0.3, -0.25) is 19.5 Å². The minimum Gasteiger partial charge on any atom is -0.486 e.